The van der Waals surface area contributed by atoms with E-state index in [0.29, 0.717) is 30.3 Å². The van der Waals surface area contributed by atoms with E-state index in [0.717, 1.165) is 0 Å². The number of halogens is 1. The quantitative estimate of drug-likeness (QED) is 0.392. The maximum atomic E-state index is 12.1. The van der Waals surface area contributed by atoms with Gasteiger partial charge in [0, 0.05) is 6.42 Å². The highest BCUT2D eigenvalue weighted by Crippen LogP contribution is 2.32. The van der Waals surface area contributed by atoms with E-state index in [1.165, 1.54) is 6.92 Å². The predicted octanol–water partition coefficient (Wildman–Crippen LogP) is 3.16. The number of ketones is 1. The lowest BCUT2D eigenvalue weighted by Crippen LogP contribution is -2.43. The van der Waals surface area contributed by atoms with Gasteiger partial charge in [-0.3, -0.25) is 4.79 Å². The molecule has 128 valence electrons. The lowest BCUT2D eigenvalue weighted by Gasteiger charge is -2.22. The van der Waals surface area contributed by atoms with E-state index in [-0.39, 0.29) is 13.0 Å². The summed E-state index contributed by atoms with van der Waals surface area (Å²) in [4.78, 5) is 22.2. The monoisotopic (exact) mass is 342 g/mol. The van der Waals surface area contributed by atoms with E-state index < -0.39 is 16.6 Å². The minimum atomic E-state index is -1.73. The molecule has 0 bridgehead atoms. The van der Waals surface area contributed by atoms with Crippen LogP contribution in [0.15, 0.2) is 18.2 Å². The molecule has 0 amide bonds. The highest BCUT2D eigenvalue weighted by molar-refractivity contribution is 6.45. The minimum Gasteiger partial charge on any atom is -0.490 e. The first-order valence-corrected chi connectivity index (χ1v) is 8.02. The van der Waals surface area contributed by atoms with Gasteiger partial charge >= 0.3 is 5.97 Å². The zero-order valence-electron chi connectivity index (χ0n) is 14.0. The van der Waals surface area contributed by atoms with Gasteiger partial charge in [-0.2, -0.15) is 0 Å². The summed E-state index contributed by atoms with van der Waals surface area (Å²) in [6, 6.07) is 5.23. The molecule has 0 fully saturated rings. The van der Waals surface area contributed by atoms with Crippen LogP contribution in [0.5, 0.6) is 11.5 Å². The summed E-state index contributed by atoms with van der Waals surface area (Å²) in [5.41, 5.74) is 0.690. The molecule has 23 heavy (non-hydrogen) atoms. The van der Waals surface area contributed by atoms with Crippen LogP contribution in [0.1, 0.15) is 33.3 Å². The fourth-order valence-corrected chi connectivity index (χ4v) is 2.28. The predicted molar refractivity (Wildman–Crippen MR) is 88.4 cm³/mol. The molecule has 0 aliphatic carbocycles. The Morgan fingerprint density at radius 1 is 1.04 bits per heavy atom. The van der Waals surface area contributed by atoms with Crippen LogP contribution in [-0.2, 0) is 20.7 Å². The van der Waals surface area contributed by atoms with Crippen LogP contribution < -0.4 is 9.47 Å². The first kappa shape index (κ1) is 19.3. The third kappa shape index (κ3) is 4.86. The maximum Gasteiger partial charge on any atom is 0.335 e. The van der Waals surface area contributed by atoms with Crippen LogP contribution in [0, 0.1) is 0 Å². The summed E-state index contributed by atoms with van der Waals surface area (Å²) in [5.74, 6) is -0.0269. The second-order valence-electron chi connectivity index (χ2n) is 4.90. The van der Waals surface area contributed by atoms with Crippen molar-refractivity contribution in [1.29, 1.82) is 0 Å². The minimum absolute atomic E-state index is 0.0230. The van der Waals surface area contributed by atoms with E-state index >= 15 is 0 Å². The highest BCUT2D eigenvalue weighted by atomic mass is 35.5. The Morgan fingerprint density at radius 3 is 2.17 bits per heavy atom. The number of esters is 1. The molecule has 0 saturated carbocycles. The van der Waals surface area contributed by atoms with Crippen molar-refractivity contribution in [1.82, 2.24) is 0 Å². The molecule has 5 nitrogen and oxygen atoms in total. The van der Waals surface area contributed by atoms with Gasteiger partial charge in [0.05, 0.1) is 19.8 Å². The van der Waals surface area contributed by atoms with Gasteiger partial charge in [-0.15, -0.1) is 0 Å². The standard InChI is InChI=1S/C17H23ClO5/c1-5-21-14-9-8-13(10-15(14)22-6-2)11-17(18,12(4)19)16(20)23-7-3/h8-10H,5-7,11H2,1-4H3. The molecule has 1 unspecified atom stereocenters. The number of benzene rings is 1. The molecular formula is C17H23ClO5. The molecular weight excluding hydrogens is 320 g/mol. The van der Waals surface area contributed by atoms with Crippen molar-refractivity contribution in [3.63, 3.8) is 0 Å². The SMILES string of the molecule is CCOC(=O)C(Cl)(Cc1ccc(OCC)c(OCC)c1)C(C)=O. The lowest BCUT2D eigenvalue weighted by molar-refractivity contribution is -0.149. The molecule has 0 aliphatic rings. The third-order valence-corrected chi connectivity index (χ3v) is 3.77. The summed E-state index contributed by atoms with van der Waals surface area (Å²) >= 11 is 6.27. The summed E-state index contributed by atoms with van der Waals surface area (Å²) in [6.45, 7) is 7.83. The Hall–Kier alpha value is -1.75. The molecule has 1 rings (SSSR count). The molecule has 1 aromatic carbocycles. The van der Waals surface area contributed by atoms with E-state index in [1.807, 2.05) is 13.8 Å². The summed E-state index contributed by atoms with van der Waals surface area (Å²) in [7, 11) is 0. The second-order valence-corrected chi connectivity index (χ2v) is 5.55. The zero-order valence-corrected chi connectivity index (χ0v) is 14.7. The van der Waals surface area contributed by atoms with Gasteiger partial charge in [-0.1, -0.05) is 17.7 Å². The number of ether oxygens (including phenoxy) is 3. The maximum absolute atomic E-state index is 12.1. The van der Waals surface area contributed by atoms with E-state index in [1.54, 1.807) is 25.1 Å². The third-order valence-electron chi connectivity index (χ3n) is 3.21. The Kier molecular flexibility index (Phi) is 7.36. The first-order valence-electron chi connectivity index (χ1n) is 7.64. The molecule has 0 aliphatic heterocycles. The number of carbonyl (C=O) groups is 2. The van der Waals surface area contributed by atoms with Gasteiger partial charge < -0.3 is 14.2 Å². The summed E-state index contributed by atoms with van der Waals surface area (Å²) in [5, 5.41) is 0. The number of carbonyl (C=O) groups excluding carboxylic acids is 2. The topological polar surface area (TPSA) is 61.8 Å². The van der Waals surface area contributed by atoms with Crippen molar-refractivity contribution >= 4 is 23.4 Å². The van der Waals surface area contributed by atoms with E-state index in [4.69, 9.17) is 25.8 Å². The van der Waals surface area contributed by atoms with E-state index in [9.17, 15) is 9.59 Å². The normalized spacial score (nSPS) is 13.1. The smallest absolute Gasteiger partial charge is 0.335 e. The zero-order chi connectivity index (χ0) is 17.5. The lowest BCUT2D eigenvalue weighted by atomic mass is 9.94. The van der Waals surface area contributed by atoms with Crippen LogP contribution in [0.25, 0.3) is 0 Å². The Morgan fingerprint density at radius 2 is 1.65 bits per heavy atom. The number of alkyl halides is 1. The number of rotatable bonds is 9. The molecule has 6 heteroatoms. The van der Waals surface area contributed by atoms with Crippen LogP contribution in [0.4, 0.5) is 0 Å². The van der Waals surface area contributed by atoms with Gasteiger partial charge in [0.25, 0.3) is 0 Å². The molecule has 0 saturated heterocycles. The van der Waals surface area contributed by atoms with Gasteiger partial charge in [-0.25, -0.2) is 4.79 Å². The average Bonchev–Trinajstić information content (AvgIpc) is 2.50. The second kappa shape index (κ2) is 8.77. The first-order chi connectivity index (χ1) is 10.9. The largest absolute Gasteiger partial charge is 0.490 e. The van der Waals surface area contributed by atoms with Gasteiger partial charge in [0.15, 0.2) is 17.3 Å². The van der Waals surface area contributed by atoms with Crippen LogP contribution in [0.2, 0.25) is 0 Å². The number of hydrogen-bond acceptors (Lipinski definition) is 5. The fraction of sp³-hybridized carbons (Fsp3) is 0.529. The molecule has 0 N–H and O–H groups in total. The molecule has 1 aromatic rings. The van der Waals surface area contributed by atoms with Crippen molar-refractivity contribution in [3.05, 3.63) is 23.8 Å². The molecule has 1 atom stereocenters. The van der Waals surface area contributed by atoms with Crippen LogP contribution in [-0.4, -0.2) is 36.4 Å². The van der Waals surface area contributed by atoms with Crippen molar-refractivity contribution in [2.45, 2.75) is 39.0 Å². The van der Waals surface area contributed by atoms with Gasteiger partial charge in [-0.05, 0) is 45.4 Å². The number of hydrogen-bond donors (Lipinski definition) is 0. The molecule has 0 radical (unpaired) electrons. The van der Waals surface area contributed by atoms with Crippen LogP contribution in [0.3, 0.4) is 0 Å². The van der Waals surface area contributed by atoms with Crippen molar-refractivity contribution in [3.8, 4) is 11.5 Å². The summed E-state index contributed by atoms with van der Waals surface area (Å²) < 4.78 is 16.0. The average molecular weight is 343 g/mol. The van der Waals surface area contributed by atoms with Crippen molar-refractivity contribution in [2.24, 2.45) is 0 Å². The summed E-state index contributed by atoms with van der Waals surface area (Å²) in [6.07, 6.45) is 0.0230. The van der Waals surface area contributed by atoms with E-state index in [2.05, 4.69) is 0 Å². The van der Waals surface area contributed by atoms with Gasteiger partial charge in [0.1, 0.15) is 0 Å². The Labute approximate surface area is 141 Å². The highest BCUT2D eigenvalue weighted by Gasteiger charge is 2.43. The Bertz CT molecular complexity index is 558. The number of Topliss-reactive ketones (excluding diaryl/α,β-unsaturated/α-hetero) is 1. The van der Waals surface area contributed by atoms with Gasteiger partial charge in [0.2, 0.25) is 4.87 Å². The molecule has 0 aromatic heterocycles. The van der Waals surface area contributed by atoms with Crippen molar-refractivity contribution < 1.29 is 23.8 Å². The Balaban J connectivity index is 3.11. The molecule has 0 heterocycles. The fourth-order valence-electron chi connectivity index (χ4n) is 2.07. The van der Waals surface area contributed by atoms with Crippen LogP contribution >= 0.6 is 11.6 Å². The molecule has 0 spiro atoms. The van der Waals surface area contributed by atoms with Crippen molar-refractivity contribution in [2.75, 3.05) is 19.8 Å².